The quantitative estimate of drug-likeness (QED) is 0.867. The van der Waals surface area contributed by atoms with Gasteiger partial charge >= 0.3 is 12.0 Å². The van der Waals surface area contributed by atoms with Crippen molar-refractivity contribution in [3.8, 4) is 5.88 Å². The van der Waals surface area contributed by atoms with Crippen LogP contribution in [0.2, 0.25) is 0 Å². The Kier molecular flexibility index (Phi) is 4.97. The van der Waals surface area contributed by atoms with Gasteiger partial charge in [-0.15, -0.1) is 0 Å². The van der Waals surface area contributed by atoms with Crippen molar-refractivity contribution in [1.82, 2.24) is 15.2 Å². The van der Waals surface area contributed by atoms with E-state index in [-0.39, 0.29) is 19.1 Å². The smallest absolute Gasteiger partial charge is 0.317 e. The van der Waals surface area contributed by atoms with Crippen molar-refractivity contribution >= 4 is 12.0 Å². The number of carbonyl (C=O) groups excluding carboxylic acids is 1. The summed E-state index contributed by atoms with van der Waals surface area (Å²) in [4.78, 5) is 28.8. The number of carbonyl (C=O) groups is 2. The normalized spacial score (nSPS) is 18.1. The first-order valence-electron chi connectivity index (χ1n) is 6.85. The highest BCUT2D eigenvalue weighted by atomic mass is 16.5. The molecule has 1 aromatic heterocycles. The largest absolute Gasteiger partial charge is 0.481 e. The van der Waals surface area contributed by atoms with Crippen LogP contribution in [-0.2, 0) is 11.3 Å². The first kappa shape index (κ1) is 15.1. The summed E-state index contributed by atoms with van der Waals surface area (Å²) >= 11 is 0. The van der Waals surface area contributed by atoms with Crippen molar-refractivity contribution in [3.63, 3.8) is 0 Å². The Morgan fingerprint density at radius 2 is 2.33 bits per heavy atom. The molecule has 2 heterocycles. The van der Waals surface area contributed by atoms with Gasteiger partial charge in [-0.1, -0.05) is 6.07 Å². The topological polar surface area (TPSA) is 91.8 Å². The van der Waals surface area contributed by atoms with Gasteiger partial charge in [0.25, 0.3) is 0 Å². The van der Waals surface area contributed by atoms with E-state index in [1.165, 1.54) is 7.11 Å². The molecule has 1 aliphatic heterocycles. The molecule has 2 N–H and O–H groups in total. The zero-order valence-corrected chi connectivity index (χ0v) is 11.9. The Labute approximate surface area is 122 Å². The number of piperidine rings is 1. The van der Waals surface area contributed by atoms with Gasteiger partial charge in [0.2, 0.25) is 5.88 Å². The lowest BCUT2D eigenvalue weighted by molar-refractivity contribution is -0.143. The van der Waals surface area contributed by atoms with Crippen molar-refractivity contribution in [2.24, 2.45) is 5.92 Å². The lowest BCUT2D eigenvalue weighted by Gasteiger charge is -2.30. The molecule has 0 radical (unpaired) electrons. The molecular weight excluding hydrogens is 274 g/mol. The van der Waals surface area contributed by atoms with Gasteiger partial charge < -0.3 is 20.1 Å². The molecular formula is C14H19N3O4. The molecule has 0 spiro atoms. The lowest BCUT2D eigenvalue weighted by Crippen LogP contribution is -2.46. The maximum Gasteiger partial charge on any atom is 0.317 e. The maximum absolute atomic E-state index is 12.1. The average molecular weight is 293 g/mol. The van der Waals surface area contributed by atoms with Crippen LogP contribution in [0.15, 0.2) is 18.2 Å². The number of nitrogens with one attached hydrogen (secondary N) is 1. The molecule has 0 saturated carbocycles. The third-order valence-electron chi connectivity index (χ3n) is 3.47. The highest BCUT2D eigenvalue weighted by Gasteiger charge is 2.27. The number of pyridine rings is 1. The molecule has 0 aromatic carbocycles. The van der Waals surface area contributed by atoms with Crippen LogP contribution in [0.4, 0.5) is 4.79 Å². The van der Waals surface area contributed by atoms with Crippen molar-refractivity contribution in [2.45, 2.75) is 19.4 Å². The van der Waals surface area contributed by atoms with E-state index in [0.717, 1.165) is 0 Å². The van der Waals surface area contributed by atoms with Gasteiger partial charge in [-0.3, -0.25) is 4.79 Å². The van der Waals surface area contributed by atoms with Crippen molar-refractivity contribution < 1.29 is 19.4 Å². The fourth-order valence-corrected chi connectivity index (χ4v) is 2.31. The van der Waals surface area contributed by atoms with Gasteiger partial charge in [-0.25, -0.2) is 9.78 Å². The average Bonchev–Trinajstić information content (AvgIpc) is 2.53. The van der Waals surface area contributed by atoms with E-state index in [1.54, 1.807) is 23.1 Å². The van der Waals surface area contributed by atoms with E-state index in [9.17, 15) is 9.59 Å². The Bertz CT molecular complexity index is 521. The van der Waals surface area contributed by atoms with E-state index >= 15 is 0 Å². The van der Waals surface area contributed by atoms with Crippen LogP contribution in [0.25, 0.3) is 0 Å². The Balaban J connectivity index is 1.87. The molecule has 2 amide bonds. The summed E-state index contributed by atoms with van der Waals surface area (Å²) in [5, 5.41) is 11.8. The Hall–Kier alpha value is -2.31. The van der Waals surface area contributed by atoms with Gasteiger partial charge in [0.05, 0.1) is 25.3 Å². The highest BCUT2D eigenvalue weighted by molar-refractivity contribution is 5.76. The van der Waals surface area contributed by atoms with Crippen LogP contribution in [0.1, 0.15) is 18.5 Å². The van der Waals surface area contributed by atoms with Crippen LogP contribution < -0.4 is 10.1 Å². The van der Waals surface area contributed by atoms with Gasteiger partial charge in [0.1, 0.15) is 0 Å². The predicted octanol–water partition coefficient (Wildman–Crippen LogP) is 1.10. The maximum atomic E-state index is 12.1. The molecule has 1 aromatic rings. The minimum Gasteiger partial charge on any atom is -0.481 e. The Morgan fingerprint density at radius 1 is 1.52 bits per heavy atom. The van der Waals surface area contributed by atoms with Gasteiger partial charge in [-0.05, 0) is 18.9 Å². The van der Waals surface area contributed by atoms with Crippen LogP contribution in [0, 0.1) is 5.92 Å². The number of rotatable bonds is 4. The van der Waals surface area contributed by atoms with E-state index in [2.05, 4.69) is 10.3 Å². The minimum atomic E-state index is -0.845. The zero-order valence-electron chi connectivity index (χ0n) is 11.9. The fraction of sp³-hybridized carbons (Fsp3) is 0.500. The number of methoxy groups -OCH3 is 1. The summed E-state index contributed by atoms with van der Waals surface area (Å²) < 4.78 is 5.02. The number of nitrogens with zero attached hydrogens (tertiary/aromatic N) is 2. The van der Waals surface area contributed by atoms with Gasteiger partial charge in [0, 0.05) is 19.2 Å². The molecule has 1 fully saturated rings. The second-order valence-electron chi connectivity index (χ2n) is 4.95. The summed E-state index contributed by atoms with van der Waals surface area (Å²) in [6.07, 6.45) is 1.33. The van der Waals surface area contributed by atoms with Crippen LogP contribution >= 0.6 is 0 Å². The molecule has 7 heteroatoms. The number of carboxylic acids is 1. The molecule has 21 heavy (non-hydrogen) atoms. The molecule has 114 valence electrons. The minimum absolute atomic E-state index is 0.257. The van der Waals surface area contributed by atoms with Crippen molar-refractivity contribution in [2.75, 3.05) is 20.2 Å². The summed E-state index contributed by atoms with van der Waals surface area (Å²) in [6.45, 7) is 1.12. The summed E-state index contributed by atoms with van der Waals surface area (Å²) in [7, 11) is 1.53. The number of hydrogen-bond acceptors (Lipinski definition) is 4. The lowest BCUT2D eigenvalue weighted by atomic mass is 9.99. The molecule has 2 rings (SSSR count). The highest BCUT2D eigenvalue weighted by Crippen LogP contribution is 2.16. The van der Waals surface area contributed by atoms with Crippen molar-refractivity contribution in [3.05, 3.63) is 23.9 Å². The number of amides is 2. The molecule has 0 aliphatic carbocycles. The number of hydrogen-bond donors (Lipinski definition) is 2. The number of aliphatic carboxylic acids is 1. The monoisotopic (exact) mass is 293 g/mol. The number of urea groups is 1. The third-order valence-corrected chi connectivity index (χ3v) is 3.47. The predicted molar refractivity (Wildman–Crippen MR) is 75.0 cm³/mol. The zero-order chi connectivity index (χ0) is 15.2. The molecule has 0 bridgehead atoms. The standard InChI is InChI=1S/C14H19N3O4/c1-21-12-6-2-5-11(16-12)8-15-14(20)17-7-3-4-10(9-17)13(18)19/h2,5-6,10H,3-4,7-9H2,1H3,(H,15,20)(H,18,19). The summed E-state index contributed by atoms with van der Waals surface area (Å²) in [5.74, 6) is -0.827. The van der Waals surface area contributed by atoms with Crippen LogP contribution in [0.5, 0.6) is 5.88 Å². The van der Waals surface area contributed by atoms with E-state index in [0.29, 0.717) is 31.0 Å². The first-order valence-corrected chi connectivity index (χ1v) is 6.85. The molecule has 1 aliphatic rings. The molecule has 1 saturated heterocycles. The summed E-state index contributed by atoms with van der Waals surface area (Å²) in [6, 6.07) is 5.06. The van der Waals surface area contributed by atoms with Crippen LogP contribution in [-0.4, -0.2) is 47.2 Å². The molecule has 7 nitrogen and oxygen atoms in total. The number of aromatic nitrogens is 1. The van der Waals surface area contributed by atoms with E-state index < -0.39 is 11.9 Å². The van der Waals surface area contributed by atoms with Gasteiger partial charge in [-0.2, -0.15) is 0 Å². The Morgan fingerprint density at radius 3 is 3.05 bits per heavy atom. The van der Waals surface area contributed by atoms with Crippen LogP contribution in [0.3, 0.4) is 0 Å². The van der Waals surface area contributed by atoms with Gasteiger partial charge in [0.15, 0.2) is 0 Å². The van der Waals surface area contributed by atoms with E-state index in [1.807, 2.05) is 0 Å². The number of carboxylic acid groups (broad SMARTS) is 1. The first-order chi connectivity index (χ1) is 10.1. The molecule has 1 atom stereocenters. The second kappa shape index (κ2) is 6.92. The second-order valence-corrected chi connectivity index (χ2v) is 4.95. The van der Waals surface area contributed by atoms with Crippen molar-refractivity contribution in [1.29, 1.82) is 0 Å². The van der Waals surface area contributed by atoms with E-state index in [4.69, 9.17) is 9.84 Å². The number of likely N-dealkylation sites (tertiary alicyclic amines) is 1. The SMILES string of the molecule is COc1cccc(CNC(=O)N2CCCC(C(=O)O)C2)n1. The fourth-order valence-electron chi connectivity index (χ4n) is 2.31. The molecule has 1 unspecified atom stereocenters. The number of ether oxygens (including phenoxy) is 1. The third kappa shape index (κ3) is 4.08. The summed E-state index contributed by atoms with van der Waals surface area (Å²) in [5.41, 5.74) is 0.689.